The van der Waals surface area contributed by atoms with E-state index in [1.165, 1.54) is 5.56 Å². The third-order valence-corrected chi connectivity index (χ3v) is 4.40. The van der Waals surface area contributed by atoms with E-state index in [1.54, 1.807) is 6.20 Å². The van der Waals surface area contributed by atoms with Crippen molar-refractivity contribution < 1.29 is 4.79 Å². The summed E-state index contributed by atoms with van der Waals surface area (Å²) >= 11 is 0. The van der Waals surface area contributed by atoms with Crippen molar-refractivity contribution in [2.75, 3.05) is 0 Å². The molecule has 0 aliphatic rings. The molecule has 0 saturated carbocycles. The summed E-state index contributed by atoms with van der Waals surface area (Å²) < 4.78 is 0. The molecule has 1 amide bonds. The zero-order chi connectivity index (χ0) is 18.6. The number of hydrogen-bond donors (Lipinski definition) is 1. The van der Waals surface area contributed by atoms with Gasteiger partial charge in [0, 0.05) is 11.8 Å². The molecule has 1 N–H and O–H groups in total. The minimum absolute atomic E-state index is 0.0650. The molecule has 132 valence electrons. The Morgan fingerprint density at radius 3 is 2.12 bits per heavy atom. The first-order valence-corrected chi connectivity index (χ1v) is 8.82. The quantitative estimate of drug-likeness (QED) is 0.731. The van der Waals surface area contributed by atoms with Gasteiger partial charge in [-0.05, 0) is 40.8 Å². The number of carbonyl (C=O) groups excluding carboxylic acids is 1. The molecule has 1 atom stereocenters. The largest absolute Gasteiger partial charge is 0.340 e. The number of pyridine rings is 1. The predicted molar refractivity (Wildman–Crippen MR) is 105 cm³/mol. The number of aromatic nitrogens is 1. The van der Waals surface area contributed by atoms with E-state index in [4.69, 9.17) is 0 Å². The zero-order valence-electron chi connectivity index (χ0n) is 15.4. The molecule has 0 fully saturated rings. The maximum Gasteiger partial charge on any atom is 0.252 e. The van der Waals surface area contributed by atoms with Crippen LogP contribution < -0.4 is 5.32 Å². The summed E-state index contributed by atoms with van der Waals surface area (Å²) in [5.41, 5.74) is 3.74. The predicted octanol–water partition coefficient (Wildman–Crippen LogP) is 4.90. The average molecular weight is 344 g/mol. The van der Waals surface area contributed by atoms with Crippen LogP contribution in [0.2, 0.25) is 0 Å². The SMILES string of the molecule is CC(C)(C)c1ccc(C(=O)NC(c2ccccc2)c2ccccn2)cc1. The lowest BCUT2D eigenvalue weighted by Gasteiger charge is -2.21. The highest BCUT2D eigenvalue weighted by Crippen LogP contribution is 2.23. The van der Waals surface area contributed by atoms with E-state index in [-0.39, 0.29) is 17.4 Å². The van der Waals surface area contributed by atoms with Gasteiger partial charge in [-0.15, -0.1) is 0 Å². The van der Waals surface area contributed by atoms with Gasteiger partial charge in [0.2, 0.25) is 0 Å². The van der Waals surface area contributed by atoms with Crippen molar-refractivity contribution in [3.63, 3.8) is 0 Å². The second-order valence-corrected chi connectivity index (χ2v) is 7.40. The third kappa shape index (κ3) is 4.17. The maximum absolute atomic E-state index is 12.8. The number of benzene rings is 2. The minimum atomic E-state index is -0.285. The molecule has 3 aromatic rings. The number of carbonyl (C=O) groups is 1. The lowest BCUT2D eigenvalue weighted by molar-refractivity contribution is 0.0942. The third-order valence-electron chi connectivity index (χ3n) is 4.40. The molecule has 2 aromatic carbocycles. The standard InChI is InChI=1S/C23H24N2O/c1-23(2,3)19-14-12-18(13-15-19)22(26)25-21(17-9-5-4-6-10-17)20-11-7-8-16-24-20/h4-16,21H,1-3H3,(H,25,26). The van der Waals surface area contributed by atoms with Crippen molar-refractivity contribution in [2.45, 2.75) is 32.2 Å². The van der Waals surface area contributed by atoms with E-state index < -0.39 is 0 Å². The second kappa shape index (κ2) is 7.52. The highest BCUT2D eigenvalue weighted by atomic mass is 16.1. The van der Waals surface area contributed by atoms with Crippen molar-refractivity contribution in [3.05, 3.63) is 101 Å². The summed E-state index contributed by atoms with van der Waals surface area (Å²) in [4.78, 5) is 17.3. The minimum Gasteiger partial charge on any atom is -0.340 e. The summed E-state index contributed by atoms with van der Waals surface area (Å²) in [7, 11) is 0. The molecule has 1 heterocycles. The molecule has 0 aliphatic heterocycles. The molecule has 3 nitrogen and oxygen atoms in total. The second-order valence-electron chi connectivity index (χ2n) is 7.40. The van der Waals surface area contributed by atoms with Crippen LogP contribution in [0.15, 0.2) is 79.0 Å². The molecule has 1 unspecified atom stereocenters. The van der Waals surface area contributed by atoms with E-state index in [0.29, 0.717) is 5.56 Å². The van der Waals surface area contributed by atoms with Crippen LogP contribution in [0.4, 0.5) is 0 Å². The van der Waals surface area contributed by atoms with Crippen LogP contribution in [0.5, 0.6) is 0 Å². The first kappa shape index (κ1) is 17.9. The fourth-order valence-corrected chi connectivity index (χ4v) is 2.86. The smallest absolute Gasteiger partial charge is 0.252 e. The summed E-state index contributed by atoms with van der Waals surface area (Å²) in [6, 6.07) is 23.2. The maximum atomic E-state index is 12.8. The van der Waals surface area contributed by atoms with Gasteiger partial charge >= 0.3 is 0 Å². The fourth-order valence-electron chi connectivity index (χ4n) is 2.86. The van der Waals surface area contributed by atoms with Gasteiger partial charge in [-0.3, -0.25) is 9.78 Å². The van der Waals surface area contributed by atoms with Gasteiger partial charge in [-0.2, -0.15) is 0 Å². The van der Waals surface area contributed by atoms with Crippen molar-refractivity contribution in [1.29, 1.82) is 0 Å². The Morgan fingerprint density at radius 1 is 0.885 bits per heavy atom. The van der Waals surface area contributed by atoms with E-state index in [1.807, 2.05) is 72.8 Å². The van der Waals surface area contributed by atoms with Crippen molar-refractivity contribution in [2.24, 2.45) is 0 Å². The summed E-state index contributed by atoms with van der Waals surface area (Å²) in [6.45, 7) is 6.48. The van der Waals surface area contributed by atoms with E-state index in [0.717, 1.165) is 11.3 Å². The Labute approximate surface area is 155 Å². The molecule has 0 aliphatic carbocycles. The van der Waals surface area contributed by atoms with Crippen molar-refractivity contribution in [3.8, 4) is 0 Å². The Balaban J connectivity index is 1.86. The van der Waals surface area contributed by atoms with Crippen molar-refractivity contribution in [1.82, 2.24) is 10.3 Å². The van der Waals surface area contributed by atoms with Crippen molar-refractivity contribution >= 4 is 5.91 Å². The Morgan fingerprint density at radius 2 is 1.54 bits per heavy atom. The first-order chi connectivity index (χ1) is 12.4. The molecule has 0 spiro atoms. The van der Waals surface area contributed by atoms with Crippen LogP contribution in [0.25, 0.3) is 0 Å². The van der Waals surface area contributed by atoms with Gasteiger partial charge in [-0.25, -0.2) is 0 Å². The summed E-state index contributed by atoms with van der Waals surface area (Å²) in [5, 5.41) is 3.12. The van der Waals surface area contributed by atoms with Gasteiger partial charge in [0.25, 0.3) is 5.91 Å². The number of hydrogen-bond acceptors (Lipinski definition) is 2. The topological polar surface area (TPSA) is 42.0 Å². The van der Waals surface area contributed by atoms with Gasteiger partial charge in [0.15, 0.2) is 0 Å². The van der Waals surface area contributed by atoms with E-state index in [9.17, 15) is 4.79 Å². The molecule has 3 rings (SSSR count). The van der Waals surface area contributed by atoms with Gasteiger partial charge in [0.05, 0.1) is 11.7 Å². The molecule has 0 radical (unpaired) electrons. The van der Waals surface area contributed by atoms with Crippen LogP contribution in [0, 0.1) is 0 Å². The molecule has 0 bridgehead atoms. The molecule has 1 aromatic heterocycles. The first-order valence-electron chi connectivity index (χ1n) is 8.82. The lowest BCUT2D eigenvalue weighted by atomic mass is 9.86. The van der Waals surface area contributed by atoms with Crippen LogP contribution in [-0.2, 0) is 5.41 Å². The van der Waals surface area contributed by atoms with Gasteiger partial charge < -0.3 is 5.32 Å². The highest BCUT2D eigenvalue weighted by molar-refractivity contribution is 5.94. The van der Waals surface area contributed by atoms with E-state index in [2.05, 4.69) is 31.1 Å². The van der Waals surface area contributed by atoms with E-state index >= 15 is 0 Å². The Hall–Kier alpha value is -2.94. The van der Waals surface area contributed by atoms with Crippen LogP contribution in [0.3, 0.4) is 0 Å². The molecule has 3 heteroatoms. The van der Waals surface area contributed by atoms with Crippen LogP contribution in [-0.4, -0.2) is 10.9 Å². The van der Waals surface area contributed by atoms with Gasteiger partial charge in [0.1, 0.15) is 0 Å². The zero-order valence-corrected chi connectivity index (χ0v) is 15.4. The normalized spacial score (nSPS) is 12.4. The Bertz CT molecular complexity index is 811. The highest BCUT2D eigenvalue weighted by Gasteiger charge is 2.19. The number of nitrogens with zero attached hydrogens (tertiary/aromatic N) is 1. The monoisotopic (exact) mass is 344 g/mol. The molecule has 0 saturated heterocycles. The number of amides is 1. The van der Waals surface area contributed by atoms with Crippen LogP contribution >= 0.6 is 0 Å². The van der Waals surface area contributed by atoms with Crippen LogP contribution in [0.1, 0.15) is 54.0 Å². The average Bonchev–Trinajstić information content (AvgIpc) is 2.67. The summed E-state index contributed by atoms with van der Waals surface area (Å²) in [5.74, 6) is -0.107. The summed E-state index contributed by atoms with van der Waals surface area (Å²) in [6.07, 6.45) is 1.75. The molecular formula is C23H24N2O. The molecule has 26 heavy (non-hydrogen) atoms. The molecular weight excluding hydrogens is 320 g/mol. The fraction of sp³-hybridized carbons (Fsp3) is 0.217. The number of nitrogens with one attached hydrogen (secondary N) is 1. The lowest BCUT2D eigenvalue weighted by Crippen LogP contribution is -2.30. The number of rotatable bonds is 4. The Kier molecular flexibility index (Phi) is 5.17. The van der Waals surface area contributed by atoms with Gasteiger partial charge in [-0.1, -0.05) is 69.3 Å².